The Bertz CT molecular complexity index is 1090. The van der Waals surface area contributed by atoms with Gasteiger partial charge in [0.1, 0.15) is 5.75 Å². The first-order chi connectivity index (χ1) is 13.5. The highest BCUT2D eigenvalue weighted by molar-refractivity contribution is 6.14. The van der Waals surface area contributed by atoms with E-state index >= 15 is 0 Å². The predicted octanol–water partition coefficient (Wildman–Crippen LogP) is 4.46. The number of amides is 1. The van der Waals surface area contributed by atoms with Crippen molar-refractivity contribution < 1.29 is 14.3 Å². The van der Waals surface area contributed by atoms with Crippen LogP contribution >= 0.6 is 0 Å². The molecule has 1 heterocycles. The summed E-state index contributed by atoms with van der Waals surface area (Å²) >= 11 is 0. The summed E-state index contributed by atoms with van der Waals surface area (Å²) in [7, 11) is 0. The second kappa shape index (κ2) is 7.27. The van der Waals surface area contributed by atoms with E-state index in [4.69, 9.17) is 4.74 Å². The molecule has 0 saturated heterocycles. The first-order valence-electron chi connectivity index (χ1n) is 9.17. The molecule has 0 N–H and O–H groups in total. The lowest BCUT2D eigenvalue weighted by Gasteiger charge is -2.20. The quantitative estimate of drug-likeness (QED) is 0.504. The number of fused-ring (bicyclic) bond motifs is 1. The van der Waals surface area contributed by atoms with Gasteiger partial charge in [0.2, 0.25) is 5.91 Å². The molecule has 3 aromatic carbocycles. The van der Waals surface area contributed by atoms with Crippen LogP contribution in [0.4, 0.5) is 0 Å². The Kier molecular flexibility index (Phi) is 4.65. The van der Waals surface area contributed by atoms with Gasteiger partial charge in [0.15, 0.2) is 0 Å². The number of carbonyl (C=O) groups excluding carboxylic acids is 2. The van der Waals surface area contributed by atoms with Gasteiger partial charge in [0.25, 0.3) is 0 Å². The maximum absolute atomic E-state index is 12.3. The SMILES string of the molecule is CC(=O)Oc1ccc2ccccc2c1C1=NN(C(C)=O)[C@H](c2ccccc2)C1. The smallest absolute Gasteiger partial charge is 0.308 e. The molecule has 0 bridgehead atoms. The van der Waals surface area contributed by atoms with Gasteiger partial charge in [-0.05, 0) is 22.4 Å². The van der Waals surface area contributed by atoms with Gasteiger partial charge in [-0.3, -0.25) is 9.59 Å². The van der Waals surface area contributed by atoms with E-state index in [9.17, 15) is 9.59 Å². The monoisotopic (exact) mass is 372 g/mol. The summed E-state index contributed by atoms with van der Waals surface area (Å²) in [5.74, 6) is -0.0570. The maximum atomic E-state index is 12.3. The number of ether oxygens (including phenoxy) is 1. The van der Waals surface area contributed by atoms with Crippen molar-refractivity contribution in [3.8, 4) is 5.75 Å². The minimum Gasteiger partial charge on any atom is -0.426 e. The standard InChI is InChI=1S/C23H20N2O3/c1-15(26)25-21(18-9-4-3-5-10-18)14-20(24-25)23-19-11-7-6-8-17(19)12-13-22(23)28-16(2)27/h3-13,21H,14H2,1-2H3/t21-/m0/s1. The molecule has 0 radical (unpaired) electrons. The lowest BCUT2D eigenvalue weighted by Crippen LogP contribution is -2.24. The van der Waals surface area contributed by atoms with Crippen molar-refractivity contribution in [1.82, 2.24) is 5.01 Å². The van der Waals surface area contributed by atoms with E-state index in [-0.39, 0.29) is 11.9 Å². The molecule has 1 aliphatic rings. The first kappa shape index (κ1) is 17.9. The fraction of sp³-hybridized carbons (Fsp3) is 0.174. The molecule has 1 atom stereocenters. The minimum absolute atomic E-state index is 0.127. The van der Waals surface area contributed by atoms with E-state index in [1.807, 2.05) is 60.7 Å². The van der Waals surface area contributed by atoms with Crippen LogP contribution in [0.1, 0.15) is 37.4 Å². The molecule has 5 heteroatoms. The molecule has 3 aromatic rings. The maximum Gasteiger partial charge on any atom is 0.308 e. The second-order valence-electron chi connectivity index (χ2n) is 6.79. The average Bonchev–Trinajstić information content (AvgIpc) is 3.13. The van der Waals surface area contributed by atoms with Gasteiger partial charge >= 0.3 is 5.97 Å². The molecule has 0 aliphatic carbocycles. The van der Waals surface area contributed by atoms with Crippen LogP contribution in [0, 0.1) is 0 Å². The van der Waals surface area contributed by atoms with Gasteiger partial charge < -0.3 is 4.74 Å². The third kappa shape index (κ3) is 3.27. The normalized spacial score (nSPS) is 16.1. The Morgan fingerprint density at radius 2 is 1.68 bits per heavy atom. The highest BCUT2D eigenvalue weighted by Gasteiger charge is 2.33. The van der Waals surface area contributed by atoms with Gasteiger partial charge in [-0.15, -0.1) is 0 Å². The van der Waals surface area contributed by atoms with Gasteiger partial charge in [0.05, 0.1) is 11.8 Å². The average molecular weight is 372 g/mol. The molecule has 0 fully saturated rings. The molecule has 140 valence electrons. The van der Waals surface area contributed by atoms with E-state index in [0.717, 1.165) is 27.6 Å². The molecule has 5 nitrogen and oxygen atoms in total. The van der Waals surface area contributed by atoms with Crippen LogP contribution in [0.3, 0.4) is 0 Å². The van der Waals surface area contributed by atoms with E-state index < -0.39 is 5.97 Å². The Balaban J connectivity index is 1.86. The van der Waals surface area contributed by atoms with Crippen molar-refractivity contribution in [2.75, 3.05) is 0 Å². The summed E-state index contributed by atoms with van der Waals surface area (Å²) in [6.45, 7) is 2.89. The van der Waals surface area contributed by atoms with Crippen molar-refractivity contribution in [2.45, 2.75) is 26.3 Å². The van der Waals surface area contributed by atoms with Crippen LogP contribution < -0.4 is 4.74 Å². The molecule has 1 aliphatic heterocycles. The highest BCUT2D eigenvalue weighted by Crippen LogP contribution is 2.37. The molecule has 0 aromatic heterocycles. The van der Waals surface area contributed by atoms with E-state index in [2.05, 4.69) is 5.10 Å². The number of benzene rings is 3. The summed E-state index contributed by atoms with van der Waals surface area (Å²) in [4.78, 5) is 23.9. The van der Waals surface area contributed by atoms with Gasteiger partial charge in [-0.25, -0.2) is 5.01 Å². The highest BCUT2D eigenvalue weighted by atomic mass is 16.5. The molecular weight excluding hydrogens is 352 g/mol. The number of esters is 1. The van der Waals surface area contributed by atoms with Crippen LogP contribution in [-0.4, -0.2) is 22.6 Å². The van der Waals surface area contributed by atoms with Gasteiger partial charge in [-0.1, -0.05) is 60.7 Å². The summed E-state index contributed by atoms with van der Waals surface area (Å²) in [5, 5.41) is 8.12. The zero-order valence-corrected chi connectivity index (χ0v) is 15.8. The number of nitrogens with zero attached hydrogens (tertiary/aromatic N) is 2. The summed E-state index contributed by atoms with van der Waals surface area (Å²) in [5.41, 5.74) is 2.51. The third-order valence-corrected chi connectivity index (χ3v) is 4.85. The molecule has 28 heavy (non-hydrogen) atoms. The molecule has 0 saturated carbocycles. The zero-order chi connectivity index (χ0) is 19.7. The topological polar surface area (TPSA) is 59.0 Å². The van der Waals surface area contributed by atoms with Crippen molar-refractivity contribution in [2.24, 2.45) is 5.10 Å². The van der Waals surface area contributed by atoms with E-state index in [0.29, 0.717) is 12.2 Å². The van der Waals surface area contributed by atoms with Crippen molar-refractivity contribution in [3.63, 3.8) is 0 Å². The second-order valence-corrected chi connectivity index (χ2v) is 6.79. The van der Waals surface area contributed by atoms with Crippen molar-refractivity contribution in [1.29, 1.82) is 0 Å². The first-order valence-corrected chi connectivity index (χ1v) is 9.17. The molecule has 1 amide bonds. The number of rotatable bonds is 3. The van der Waals surface area contributed by atoms with Crippen LogP contribution in [0.25, 0.3) is 10.8 Å². The summed E-state index contributed by atoms with van der Waals surface area (Å²) in [6, 6.07) is 21.3. The lowest BCUT2D eigenvalue weighted by molar-refractivity contribution is -0.132. The van der Waals surface area contributed by atoms with E-state index in [1.165, 1.54) is 18.9 Å². The minimum atomic E-state index is -0.391. The van der Waals surface area contributed by atoms with Crippen molar-refractivity contribution in [3.05, 3.63) is 77.9 Å². The molecule has 0 unspecified atom stereocenters. The number of hydrogen-bond acceptors (Lipinski definition) is 4. The van der Waals surface area contributed by atoms with Crippen molar-refractivity contribution >= 4 is 28.4 Å². The lowest BCUT2D eigenvalue weighted by atomic mass is 9.94. The van der Waals surface area contributed by atoms with E-state index in [1.54, 1.807) is 6.07 Å². The Morgan fingerprint density at radius 3 is 2.39 bits per heavy atom. The Morgan fingerprint density at radius 1 is 0.964 bits per heavy atom. The fourth-order valence-corrected chi connectivity index (χ4v) is 3.68. The van der Waals surface area contributed by atoms with Gasteiger partial charge in [-0.2, -0.15) is 5.10 Å². The van der Waals surface area contributed by atoms with Gasteiger partial charge in [0, 0.05) is 25.8 Å². The Labute approximate surface area is 163 Å². The third-order valence-electron chi connectivity index (χ3n) is 4.85. The molecule has 4 rings (SSSR count). The molecule has 0 spiro atoms. The summed E-state index contributed by atoms with van der Waals surface area (Å²) < 4.78 is 5.48. The van der Waals surface area contributed by atoms with Crippen LogP contribution in [-0.2, 0) is 9.59 Å². The number of hydrazone groups is 1. The Hall–Kier alpha value is -3.47. The zero-order valence-electron chi connectivity index (χ0n) is 15.8. The summed E-state index contributed by atoms with van der Waals surface area (Å²) in [6.07, 6.45) is 0.547. The molecular formula is C23H20N2O3. The fourth-order valence-electron chi connectivity index (χ4n) is 3.68. The van der Waals surface area contributed by atoms with Crippen LogP contribution in [0.15, 0.2) is 71.8 Å². The van der Waals surface area contributed by atoms with Crippen LogP contribution in [0.2, 0.25) is 0 Å². The number of hydrogen-bond donors (Lipinski definition) is 0. The predicted molar refractivity (Wildman–Crippen MR) is 108 cm³/mol. The number of carbonyl (C=O) groups is 2. The largest absolute Gasteiger partial charge is 0.426 e. The van der Waals surface area contributed by atoms with Crippen LogP contribution in [0.5, 0.6) is 5.75 Å².